The molecule has 0 bridgehead atoms. The highest BCUT2D eigenvalue weighted by atomic mass is 16.4. The van der Waals surface area contributed by atoms with Crippen molar-refractivity contribution in [3.05, 3.63) is 77.3 Å². The summed E-state index contributed by atoms with van der Waals surface area (Å²) in [7, 11) is 1.81. The molecule has 0 aliphatic heterocycles. The lowest BCUT2D eigenvalue weighted by molar-refractivity contribution is 0.515. The first-order chi connectivity index (χ1) is 10.3. The Kier molecular flexibility index (Phi) is 3.56. The molecule has 0 saturated heterocycles. The molecule has 3 heteroatoms. The van der Waals surface area contributed by atoms with Crippen LogP contribution in [-0.4, -0.2) is 7.05 Å². The Bertz CT molecular complexity index is 792. The Morgan fingerprint density at radius 3 is 2.00 bits per heavy atom. The summed E-state index contributed by atoms with van der Waals surface area (Å²) in [6.45, 7) is 0. The van der Waals surface area contributed by atoms with Crippen LogP contribution in [0.15, 0.2) is 76.1 Å². The lowest BCUT2D eigenvalue weighted by Gasteiger charge is -2.13. The van der Waals surface area contributed by atoms with E-state index in [1.807, 2.05) is 67.7 Å². The molecule has 0 atom stereocenters. The maximum absolute atomic E-state index is 12.2. The zero-order valence-corrected chi connectivity index (χ0v) is 11.7. The van der Waals surface area contributed by atoms with Crippen molar-refractivity contribution < 1.29 is 4.42 Å². The van der Waals surface area contributed by atoms with Gasteiger partial charge in [-0.1, -0.05) is 60.7 Å². The summed E-state index contributed by atoms with van der Waals surface area (Å²) in [5, 5.41) is 3.14. The van der Waals surface area contributed by atoms with Gasteiger partial charge in [0.15, 0.2) is 0 Å². The van der Waals surface area contributed by atoms with Gasteiger partial charge in [-0.2, -0.15) is 0 Å². The standard InChI is InChI=1S/C18H15NO2/c1-19-17-15(13-8-4-2-5-9-13)12-21-18(20)16(17)14-10-6-3-7-11-14/h2-12,19H,1H3. The molecule has 3 nitrogen and oxygen atoms in total. The third-order valence-electron chi connectivity index (χ3n) is 3.40. The van der Waals surface area contributed by atoms with Crippen molar-refractivity contribution >= 4 is 5.69 Å². The van der Waals surface area contributed by atoms with Gasteiger partial charge in [0.2, 0.25) is 0 Å². The second-order valence-corrected chi connectivity index (χ2v) is 4.67. The molecule has 0 radical (unpaired) electrons. The van der Waals surface area contributed by atoms with Crippen molar-refractivity contribution in [1.82, 2.24) is 0 Å². The van der Waals surface area contributed by atoms with Crippen LogP contribution in [0.4, 0.5) is 5.69 Å². The van der Waals surface area contributed by atoms with Gasteiger partial charge in [0.25, 0.3) is 0 Å². The molecule has 0 fully saturated rings. The lowest BCUT2D eigenvalue weighted by Crippen LogP contribution is -2.08. The van der Waals surface area contributed by atoms with Crippen molar-refractivity contribution in [3.63, 3.8) is 0 Å². The van der Waals surface area contributed by atoms with Crippen molar-refractivity contribution in [2.45, 2.75) is 0 Å². The van der Waals surface area contributed by atoms with E-state index in [1.54, 1.807) is 0 Å². The highest BCUT2D eigenvalue weighted by Crippen LogP contribution is 2.34. The number of hydrogen-bond donors (Lipinski definition) is 1. The van der Waals surface area contributed by atoms with E-state index in [1.165, 1.54) is 6.26 Å². The molecule has 1 N–H and O–H groups in total. The maximum atomic E-state index is 12.2. The SMILES string of the molecule is CNc1c(-c2ccccc2)coc(=O)c1-c1ccccc1. The van der Waals surface area contributed by atoms with Gasteiger partial charge in [-0.15, -0.1) is 0 Å². The van der Waals surface area contributed by atoms with E-state index in [4.69, 9.17) is 4.42 Å². The fraction of sp³-hybridized carbons (Fsp3) is 0.0556. The summed E-state index contributed by atoms with van der Waals surface area (Å²) in [6, 6.07) is 19.4. The number of rotatable bonds is 3. The van der Waals surface area contributed by atoms with Crippen molar-refractivity contribution in [3.8, 4) is 22.3 Å². The summed E-state index contributed by atoms with van der Waals surface area (Å²) in [5.74, 6) is 0. The fourth-order valence-electron chi connectivity index (χ4n) is 2.42. The Balaban J connectivity index is 2.28. The van der Waals surface area contributed by atoms with E-state index in [9.17, 15) is 4.79 Å². The predicted octanol–water partition coefficient (Wildman–Crippen LogP) is 4.02. The van der Waals surface area contributed by atoms with E-state index >= 15 is 0 Å². The average molecular weight is 277 g/mol. The van der Waals surface area contributed by atoms with Gasteiger partial charge in [0.1, 0.15) is 6.26 Å². The van der Waals surface area contributed by atoms with Crippen LogP contribution in [0.3, 0.4) is 0 Å². The van der Waals surface area contributed by atoms with Crippen LogP contribution >= 0.6 is 0 Å². The number of nitrogens with one attached hydrogen (secondary N) is 1. The first-order valence-electron chi connectivity index (χ1n) is 6.75. The monoisotopic (exact) mass is 277 g/mol. The van der Waals surface area contributed by atoms with E-state index in [0.717, 1.165) is 22.4 Å². The van der Waals surface area contributed by atoms with Gasteiger partial charge < -0.3 is 9.73 Å². The largest absolute Gasteiger partial charge is 0.430 e. The van der Waals surface area contributed by atoms with Crippen LogP contribution < -0.4 is 10.9 Å². The maximum Gasteiger partial charge on any atom is 0.345 e. The Labute approximate surface area is 122 Å². The average Bonchev–Trinajstić information content (AvgIpc) is 2.56. The summed E-state index contributed by atoms with van der Waals surface area (Å²) >= 11 is 0. The minimum Gasteiger partial charge on any atom is -0.430 e. The summed E-state index contributed by atoms with van der Waals surface area (Å²) in [6.07, 6.45) is 1.51. The number of benzene rings is 2. The van der Waals surface area contributed by atoms with Gasteiger partial charge in [-0.3, -0.25) is 0 Å². The number of anilines is 1. The van der Waals surface area contributed by atoms with Crippen LogP contribution in [0.25, 0.3) is 22.3 Å². The molecule has 1 heterocycles. The summed E-state index contributed by atoms with van der Waals surface area (Å²) in [4.78, 5) is 12.2. The zero-order chi connectivity index (χ0) is 14.7. The Morgan fingerprint density at radius 2 is 1.43 bits per heavy atom. The highest BCUT2D eigenvalue weighted by molar-refractivity contribution is 5.88. The molecule has 0 aliphatic carbocycles. The molecular formula is C18H15NO2. The first kappa shape index (κ1) is 13.2. The Hall–Kier alpha value is -2.81. The second-order valence-electron chi connectivity index (χ2n) is 4.67. The minimum absolute atomic E-state index is 0.342. The molecule has 0 amide bonds. The lowest BCUT2D eigenvalue weighted by atomic mass is 9.99. The first-order valence-corrected chi connectivity index (χ1v) is 6.75. The van der Waals surface area contributed by atoms with E-state index in [0.29, 0.717) is 5.56 Å². The smallest absolute Gasteiger partial charge is 0.345 e. The fourth-order valence-corrected chi connectivity index (χ4v) is 2.42. The van der Waals surface area contributed by atoms with Gasteiger partial charge in [-0.25, -0.2) is 4.79 Å². The molecule has 1 aromatic heterocycles. The normalized spacial score (nSPS) is 10.3. The van der Waals surface area contributed by atoms with E-state index in [-0.39, 0.29) is 5.63 Å². The highest BCUT2D eigenvalue weighted by Gasteiger charge is 2.16. The molecule has 0 aliphatic rings. The third kappa shape index (κ3) is 2.46. The molecular weight excluding hydrogens is 262 g/mol. The van der Waals surface area contributed by atoms with Crippen molar-refractivity contribution in [1.29, 1.82) is 0 Å². The molecule has 2 aromatic carbocycles. The molecule has 3 aromatic rings. The summed E-state index contributed by atoms with van der Waals surface area (Å²) < 4.78 is 5.25. The van der Waals surface area contributed by atoms with Crippen LogP contribution in [-0.2, 0) is 0 Å². The van der Waals surface area contributed by atoms with Gasteiger partial charge in [0, 0.05) is 12.6 Å². The quantitative estimate of drug-likeness (QED) is 0.786. The van der Waals surface area contributed by atoms with E-state index in [2.05, 4.69) is 5.32 Å². The topological polar surface area (TPSA) is 42.2 Å². The second kappa shape index (κ2) is 5.67. The van der Waals surface area contributed by atoms with Crippen LogP contribution in [0.1, 0.15) is 0 Å². The minimum atomic E-state index is -0.342. The van der Waals surface area contributed by atoms with Crippen LogP contribution in [0.2, 0.25) is 0 Å². The third-order valence-corrected chi connectivity index (χ3v) is 3.40. The molecule has 0 spiro atoms. The van der Waals surface area contributed by atoms with Crippen LogP contribution in [0, 0.1) is 0 Å². The van der Waals surface area contributed by atoms with Gasteiger partial charge >= 0.3 is 5.63 Å². The van der Waals surface area contributed by atoms with E-state index < -0.39 is 0 Å². The molecule has 0 saturated carbocycles. The van der Waals surface area contributed by atoms with Gasteiger partial charge in [0.05, 0.1) is 11.3 Å². The predicted molar refractivity (Wildman–Crippen MR) is 85.4 cm³/mol. The molecule has 21 heavy (non-hydrogen) atoms. The molecule has 104 valence electrons. The number of hydrogen-bond acceptors (Lipinski definition) is 3. The van der Waals surface area contributed by atoms with Crippen LogP contribution in [0.5, 0.6) is 0 Å². The Morgan fingerprint density at radius 1 is 0.857 bits per heavy atom. The molecule has 0 unspecified atom stereocenters. The van der Waals surface area contributed by atoms with Gasteiger partial charge in [-0.05, 0) is 11.1 Å². The van der Waals surface area contributed by atoms with Crippen molar-refractivity contribution in [2.24, 2.45) is 0 Å². The zero-order valence-electron chi connectivity index (χ0n) is 11.7. The van der Waals surface area contributed by atoms with Crippen molar-refractivity contribution in [2.75, 3.05) is 12.4 Å². The summed E-state index contributed by atoms with van der Waals surface area (Å²) in [5.41, 5.74) is 3.71. The molecule has 3 rings (SSSR count).